The minimum Gasteiger partial charge on any atom is -0.508 e. The summed E-state index contributed by atoms with van der Waals surface area (Å²) < 4.78 is 37.2. The molecule has 4 saturated carbocycles. The van der Waals surface area contributed by atoms with Crippen molar-refractivity contribution in [2.75, 3.05) is 5.75 Å². The Bertz CT molecular complexity index is 1020. The monoisotopic (exact) mass is 521 g/mol. The van der Waals surface area contributed by atoms with Crippen LogP contribution in [0.2, 0.25) is 0 Å². The van der Waals surface area contributed by atoms with Gasteiger partial charge in [0, 0.05) is 29.6 Å². The Labute approximate surface area is 215 Å². The molecule has 0 aromatic heterocycles. The molecule has 4 fully saturated rings. The highest BCUT2D eigenvalue weighted by Crippen LogP contribution is 2.67. The molecule has 0 amide bonds. The number of nitrogens with zero attached hydrogens (tertiary/aromatic N) is 1. The van der Waals surface area contributed by atoms with Crippen LogP contribution in [0.1, 0.15) is 97.3 Å². The summed E-state index contributed by atoms with van der Waals surface area (Å²) in [6.45, 7) is 4.34. The van der Waals surface area contributed by atoms with Crippen molar-refractivity contribution in [1.29, 1.82) is 0 Å². The summed E-state index contributed by atoms with van der Waals surface area (Å²) in [6.07, 6.45) is 12.5. The Morgan fingerprint density at radius 3 is 1.92 bits per heavy atom. The van der Waals surface area contributed by atoms with E-state index in [9.17, 15) is 23.7 Å². The molecule has 7 nitrogen and oxygen atoms in total. The molecule has 3 N–H and O–H groups in total. The van der Waals surface area contributed by atoms with E-state index in [1.165, 1.54) is 12.8 Å². The van der Waals surface area contributed by atoms with Crippen molar-refractivity contribution in [3.05, 3.63) is 12.1 Å². The van der Waals surface area contributed by atoms with Crippen LogP contribution in [0.5, 0.6) is 23.0 Å². The third-order valence-electron chi connectivity index (χ3n) is 10.3. The molecule has 202 valence electrons. The molecule has 0 spiro atoms. The van der Waals surface area contributed by atoms with Crippen LogP contribution in [-0.4, -0.2) is 52.0 Å². The molecule has 2 unspecified atom stereocenters. The molecule has 36 heavy (non-hydrogen) atoms. The zero-order chi connectivity index (χ0) is 25.7. The maximum Gasteiger partial charge on any atom is 0.215 e. The second kappa shape index (κ2) is 9.57. The summed E-state index contributed by atoms with van der Waals surface area (Å²) in [6, 6.07) is 2.47. The molecule has 1 aromatic rings. The highest BCUT2D eigenvalue weighted by Gasteiger charge is 2.67. The lowest BCUT2D eigenvalue weighted by molar-refractivity contribution is 0.0277. The van der Waals surface area contributed by atoms with E-state index < -0.39 is 21.5 Å². The smallest absolute Gasteiger partial charge is 0.215 e. The summed E-state index contributed by atoms with van der Waals surface area (Å²) in [5.74, 6) is -0.639. The van der Waals surface area contributed by atoms with Crippen LogP contribution >= 0.6 is 0 Å². The fraction of sp³-hybridized carbons (Fsp3) is 0.786. The van der Waals surface area contributed by atoms with E-state index in [1.807, 2.05) is 4.31 Å². The summed E-state index contributed by atoms with van der Waals surface area (Å²) in [7, 11) is -3.58. The quantitative estimate of drug-likeness (QED) is 0.426. The SMILES string of the molecule is CC1(C)[C@H]2CCC1(CS(=O)(=O)N(C1CCCCC1)C1CCCCC1)C(Oc1c(O)cc(O)cc1O)C2. The van der Waals surface area contributed by atoms with Crippen molar-refractivity contribution in [3.8, 4) is 23.0 Å². The fourth-order valence-electron chi connectivity index (χ4n) is 8.18. The average molecular weight is 522 g/mol. The number of sulfonamides is 1. The molecular weight excluding hydrogens is 478 g/mol. The van der Waals surface area contributed by atoms with Crippen molar-refractivity contribution in [2.24, 2.45) is 16.7 Å². The normalized spacial score (nSPS) is 31.2. The fourth-order valence-corrected chi connectivity index (χ4v) is 11.0. The van der Waals surface area contributed by atoms with Crippen LogP contribution in [-0.2, 0) is 10.0 Å². The molecule has 5 rings (SSSR count). The molecule has 0 heterocycles. The number of rotatable bonds is 7. The average Bonchev–Trinajstić information content (AvgIpc) is 3.17. The minimum atomic E-state index is -3.58. The Hall–Kier alpha value is -1.67. The molecule has 3 atom stereocenters. The first kappa shape index (κ1) is 26.0. The molecule has 1 aromatic carbocycles. The van der Waals surface area contributed by atoms with Crippen molar-refractivity contribution in [2.45, 2.75) is 116 Å². The predicted molar refractivity (Wildman–Crippen MR) is 139 cm³/mol. The third-order valence-corrected chi connectivity index (χ3v) is 12.4. The van der Waals surface area contributed by atoms with Crippen molar-refractivity contribution in [1.82, 2.24) is 4.31 Å². The Balaban J connectivity index is 1.48. The van der Waals surface area contributed by atoms with Gasteiger partial charge in [-0.15, -0.1) is 0 Å². The van der Waals surface area contributed by atoms with Crippen LogP contribution in [0.3, 0.4) is 0 Å². The molecule has 0 radical (unpaired) electrons. The first-order valence-electron chi connectivity index (χ1n) is 14.0. The van der Waals surface area contributed by atoms with Crippen molar-refractivity contribution < 1.29 is 28.5 Å². The van der Waals surface area contributed by atoms with Gasteiger partial charge in [-0.05, 0) is 56.3 Å². The standard InChI is InChI=1S/C28H43NO6S/c1-27(2)19-13-14-28(27,25(15-19)35-26-23(31)16-22(30)17-24(26)32)18-36(33,34)29(20-9-5-3-6-10-20)21-11-7-4-8-12-21/h16-17,19-21,25,30-32H,3-15,18H2,1-2H3/t19-,25?,28?/m0/s1. The Kier molecular flexibility index (Phi) is 6.90. The van der Waals surface area contributed by atoms with Gasteiger partial charge in [0.1, 0.15) is 11.9 Å². The maximum atomic E-state index is 14.5. The van der Waals surface area contributed by atoms with Crippen LogP contribution in [0.4, 0.5) is 0 Å². The van der Waals surface area contributed by atoms with Crippen LogP contribution in [0.15, 0.2) is 12.1 Å². The molecule has 8 heteroatoms. The van der Waals surface area contributed by atoms with E-state index >= 15 is 0 Å². The van der Waals surface area contributed by atoms with Gasteiger partial charge in [-0.3, -0.25) is 0 Å². The summed E-state index contributed by atoms with van der Waals surface area (Å²) >= 11 is 0. The van der Waals surface area contributed by atoms with E-state index in [-0.39, 0.29) is 46.2 Å². The Morgan fingerprint density at radius 1 is 0.889 bits per heavy atom. The lowest BCUT2D eigenvalue weighted by Crippen LogP contribution is -2.55. The lowest BCUT2D eigenvalue weighted by Gasteiger charge is -2.46. The summed E-state index contributed by atoms with van der Waals surface area (Å²) in [5, 5.41) is 30.5. The zero-order valence-electron chi connectivity index (χ0n) is 21.8. The highest BCUT2D eigenvalue weighted by molar-refractivity contribution is 7.89. The van der Waals surface area contributed by atoms with Gasteiger partial charge in [0.05, 0.1) is 5.75 Å². The van der Waals surface area contributed by atoms with Crippen LogP contribution in [0.25, 0.3) is 0 Å². The topological polar surface area (TPSA) is 107 Å². The maximum absolute atomic E-state index is 14.5. The van der Waals surface area contributed by atoms with Gasteiger partial charge in [-0.1, -0.05) is 52.4 Å². The first-order chi connectivity index (χ1) is 17.0. The van der Waals surface area contributed by atoms with Gasteiger partial charge in [-0.25, -0.2) is 8.42 Å². The number of aromatic hydroxyl groups is 3. The van der Waals surface area contributed by atoms with E-state index in [1.54, 1.807) is 0 Å². The number of hydrogen-bond acceptors (Lipinski definition) is 6. The number of hydrogen-bond donors (Lipinski definition) is 3. The first-order valence-corrected chi connectivity index (χ1v) is 15.6. The van der Waals surface area contributed by atoms with Gasteiger partial charge in [-0.2, -0.15) is 4.31 Å². The molecule has 2 bridgehead atoms. The van der Waals surface area contributed by atoms with Gasteiger partial charge in [0.15, 0.2) is 11.5 Å². The van der Waals surface area contributed by atoms with Gasteiger partial charge in [0.2, 0.25) is 15.8 Å². The Morgan fingerprint density at radius 2 is 1.42 bits per heavy atom. The van der Waals surface area contributed by atoms with Gasteiger partial charge < -0.3 is 20.1 Å². The van der Waals surface area contributed by atoms with E-state index in [4.69, 9.17) is 4.74 Å². The molecule has 4 aliphatic carbocycles. The lowest BCUT2D eigenvalue weighted by atomic mass is 9.69. The van der Waals surface area contributed by atoms with E-state index in [0.717, 1.165) is 76.3 Å². The van der Waals surface area contributed by atoms with Gasteiger partial charge >= 0.3 is 0 Å². The molecule has 0 aliphatic heterocycles. The summed E-state index contributed by atoms with van der Waals surface area (Å²) in [5.41, 5.74) is -0.869. The van der Waals surface area contributed by atoms with Crippen LogP contribution < -0.4 is 4.74 Å². The van der Waals surface area contributed by atoms with Crippen LogP contribution in [0, 0.1) is 16.7 Å². The molecule has 0 saturated heterocycles. The zero-order valence-corrected chi connectivity index (χ0v) is 22.6. The number of phenolic OH excluding ortho intramolecular Hbond substituents is 3. The second-order valence-corrected chi connectivity index (χ2v) is 14.3. The number of benzene rings is 1. The van der Waals surface area contributed by atoms with Crippen molar-refractivity contribution >= 4 is 10.0 Å². The molecule has 4 aliphatic rings. The van der Waals surface area contributed by atoms with E-state index in [0.29, 0.717) is 12.3 Å². The van der Waals surface area contributed by atoms with E-state index in [2.05, 4.69) is 13.8 Å². The third kappa shape index (κ3) is 4.36. The molecular formula is C28H43NO6S. The largest absolute Gasteiger partial charge is 0.508 e. The second-order valence-electron chi connectivity index (χ2n) is 12.4. The minimum absolute atomic E-state index is 0.0424. The van der Waals surface area contributed by atoms with Gasteiger partial charge in [0.25, 0.3) is 0 Å². The van der Waals surface area contributed by atoms with Crippen molar-refractivity contribution in [3.63, 3.8) is 0 Å². The summed E-state index contributed by atoms with van der Waals surface area (Å²) in [4.78, 5) is 0. The highest BCUT2D eigenvalue weighted by atomic mass is 32.2. The predicted octanol–water partition coefficient (Wildman–Crippen LogP) is 5.67. The number of fused-ring (bicyclic) bond motifs is 2. The number of phenols is 3. The number of ether oxygens (including phenoxy) is 1.